The van der Waals surface area contributed by atoms with Crippen LogP contribution in [0.4, 0.5) is 5.69 Å². The fourth-order valence-electron chi connectivity index (χ4n) is 6.28. The summed E-state index contributed by atoms with van der Waals surface area (Å²) in [5.74, 6) is 0.468. The minimum Gasteiger partial charge on any atom is -0.367 e. The van der Waals surface area contributed by atoms with Crippen molar-refractivity contribution >= 4 is 11.6 Å². The number of rotatable bonds is 7. The van der Waals surface area contributed by atoms with E-state index in [-0.39, 0.29) is 17.9 Å². The molecule has 1 aromatic carbocycles. The molecule has 33 heavy (non-hydrogen) atoms. The first-order valence-corrected chi connectivity index (χ1v) is 13.0. The average molecular weight is 447 g/mol. The van der Waals surface area contributed by atoms with Crippen LogP contribution in [0.25, 0.3) is 0 Å². The molecule has 176 valence electrons. The standard InChI is InChI=1S/C28H38N4O/c1-21-14-16-29-18-27(21)31-19-24-12-13-25(20-31)32(24)17-15-26(22-8-4-2-5-9-22)30-28(33)23-10-6-3-7-11-23/h2,4-5,8-9,14,16,18,23-26H,3,6-7,10-13,15,17,19-20H2,1H3,(H,30,33)/t24-,25+,26-/m0/s1. The third kappa shape index (κ3) is 5.08. The fraction of sp³-hybridized carbons (Fsp3) is 0.571. The Hall–Kier alpha value is -2.40. The summed E-state index contributed by atoms with van der Waals surface area (Å²) >= 11 is 0. The molecule has 1 saturated carbocycles. The molecule has 2 saturated heterocycles. The summed E-state index contributed by atoms with van der Waals surface area (Å²) in [5, 5.41) is 3.45. The molecule has 3 atom stereocenters. The number of aromatic nitrogens is 1. The summed E-state index contributed by atoms with van der Waals surface area (Å²) in [6, 6.07) is 14.0. The number of amides is 1. The second kappa shape index (κ2) is 10.3. The number of nitrogens with one attached hydrogen (secondary N) is 1. The van der Waals surface area contributed by atoms with Crippen LogP contribution in [0.3, 0.4) is 0 Å². The van der Waals surface area contributed by atoms with E-state index in [1.807, 2.05) is 12.4 Å². The van der Waals surface area contributed by atoms with E-state index in [1.165, 1.54) is 48.9 Å². The molecule has 2 aliphatic heterocycles. The summed E-state index contributed by atoms with van der Waals surface area (Å²) in [7, 11) is 0. The molecule has 5 heteroatoms. The van der Waals surface area contributed by atoms with Crippen molar-refractivity contribution in [1.29, 1.82) is 0 Å². The molecule has 0 spiro atoms. The van der Waals surface area contributed by atoms with Crippen molar-refractivity contribution in [1.82, 2.24) is 15.2 Å². The van der Waals surface area contributed by atoms with Crippen molar-refractivity contribution in [2.75, 3.05) is 24.5 Å². The van der Waals surface area contributed by atoms with Gasteiger partial charge >= 0.3 is 0 Å². The second-order valence-corrected chi connectivity index (χ2v) is 10.3. The van der Waals surface area contributed by atoms with Gasteiger partial charge in [0.1, 0.15) is 0 Å². The minimum absolute atomic E-state index is 0.0959. The Bertz CT molecular complexity index is 913. The highest BCUT2D eigenvalue weighted by atomic mass is 16.1. The van der Waals surface area contributed by atoms with Crippen LogP contribution in [0.1, 0.15) is 68.5 Å². The predicted octanol–water partition coefficient (Wildman–Crippen LogP) is 4.87. The van der Waals surface area contributed by atoms with Crippen LogP contribution in [0, 0.1) is 12.8 Å². The van der Waals surface area contributed by atoms with Gasteiger partial charge in [-0.2, -0.15) is 0 Å². The van der Waals surface area contributed by atoms with E-state index < -0.39 is 0 Å². The van der Waals surface area contributed by atoms with Crippen LogP contribution in [-0.4, -0.2) is 47.5 Å². The number of nitrogens with zero attached hydrogens (tertiary/aromatic N) is 3. The van der Waals surface area contributed by atoms with Crippen molar-refractivity contribution in [3.05, 3.63) is 59.9 Å². The number of carbonyl (C=O) groups excluding carboxylic acids is 1. The summed E-state index contributed by atoms with van der Waals surface area (Å²) in [4.78, 5) is 22.7. The minimum atomic E-state index is 0.0959. The third-order valence-electron chi connectivity index (χ3n) is 8.16. The van der Waals surface area contributed by atoms with Gasteiger partial charge in [-0.3, -0.25) is 14.7 Å². The molecule has 0 unspecified atom stereocenters. The largest absolute Gasteiger partial charge is 0.367 e. The normalized spacial score (nSPS) is 24.6. The van der Waals surface area contributed by atoms with Crippen LogP contribution in [-0.2, 0) is 4.79 Å². The highest BCUT2D eigenvalue weighted by Gasteiger charge is 2.40. The van der Waals surface area contributed by atoms with E-state index in [0.29, 0.717) is 12.1 Å². The topological polar surface area (TPSA) is 48.5 Å². The molecule has 2 bridgehead atoms. The van der Waals surface area contributed by atoms with Gasteiger partial charge in [-0.05, 0) is 56.2 Å². The van der Waals surface area contributed by atoms with E-state index in [2.05, 4.69) is 63.4 Å². The summed E-state index contributed by atoms with van der Waals surface area (Å²) < 4.78 is 0. The number of anilines is 1. The van der Waals surface area contributed by atoms with E-state index in [1.54, 1.807) is 0 Å². The Kier molecular flexibility index (Phi) is 6.96. The van der Waals surface area contributed by atoms with Crippen molar-refractivity contribution in [2.24, 2.45) is 5.92 Å². The number of benzene rings is 1. The third-order valence-corrected chi connectivity index (χ3v) is 8.16. The van der Waals surface area contributed by atoms with Crippen molar-refractivity contribution in [3.8, 4) is 0 Å². The molecule has 3 heterocycles. The highest BCUT2D eigenvalue weighted by Crippen LogP contribution is 2.34. The predicted molar refractivity (Wildman–Crippen MR) is 133 cm³/mol. The lowest BCUT2D eigenvalue weighted by Gasteiger charge is -2.43. The number of carbonyl (C=O) groups is 1. The lowest BCUT2D eigenvalue weighted by atomic mass is 9.88. The van der Waals surface area contributed by atoms with Gasteiger partial charge < -0.3 is 10.2 Å². The lowest BCUT2D eigenvalue weighted by Crippen LogP contribution is -2.54. The molecular formula is C28H38N4O. The van der Waals surface area contributed by atoms with E-state index in [4.69, 9.17) is 0 Å². The zero-order valence-electron chi connectivity index (χ0n) is 20.0. The molecule has 1 aromatic heterocycles. The quantitative estimate of drug-likeness (QED) is 0.659. The van der Waals surface area contributed by atoms with Crippen LogP contribution in [0.15, 0.2) is 48.8 Å². The fourth-order valence-corrected chi connectivity index (χ4v) is 6.28. The molecule has 0 radical (unpaired) electrons. The number of piperazine rings is 1. The average Bonchev–Trinajstić information content (AvgIpc) is 3.09. The summed E-state index contributed by atoms with van der Waals surface area (Å²) in [6.45, 7) is 5.38. The SMILES string of the molecule is Cc1ccncc1N1C[C@H]2CC[C@@H](C1)N2CC[C@H](NC(=O)C1CCCCC1)c1ccccc1. The summed E-state index contributed by atoms with van der Waals surface area (Å²) in [5.41, 5.74) is 3.84. The van der Waals surface area contributed by atoms with E-state index in [9.17, 15) is 4.79 Å². The monoisotopic (exact) mass is 446 g/mol. The van der Waals surface area contributed by atoms with Crippen molar-refractivity contribution in [2.45, 2.75) is 76.4 Å². The highest BCUT2D eigenvalue weighted by molar-refractivity contribution is 5.79. The van der Waals surface area contributed by atoms with Gasteiger partial charge in [-0.25, -0.2) is 0 Å². The number of hydrogen-bond donors (Lipinski definition) is 1. The molecule has 1 amide bonds. The van der Waals surface area contributed by atoms with Gasteiger partial charge in [0.15, 0.2) is 0 Å². The molecule has 1 aliphatic carbocycles. The van der Waals surface area contributed by atoms with E-state index >= 15 is 0 Å². The van der Waals surface area contributed by atoms with Gasteiger partial charge in [-0.1, -0.05) is 49.6 Å². The first kappa shape index (κ1) is 22.4. The smallest absolute Gasteiger partial charge is 0.223 e. The molecule has 5 rings (SSSR count). The number of hydrogen-bond acceptors (Lipinski definition) is 4. The zero-order valence-corrected chi connectivity index (χ0v) is 20.0. The van der Waals surface area contributed by atoms with Crippen LogP contribution in [0.5, 0.6) is 0 Å². The van der Waals surface area contributed by atoms with Crippen molar-refractivity contribution in [3.63, 3.8) is 0 Å². The number of pyridine rings is 1. The molecule has 3 aliphatic rings. The zero-order chi connectivity index (χ0) is 22.6. The van der Waals surface area contributed by atoms with Gasteiger partial charge in [0.25, 0.3) is 0 Å². The van der Waals surface area contributed by atoms with Crippen LogP contribution in [0.2, 0.25) is 0 Å². The lowest BCUT2D eigenvalue weighted by molar-refractivity contribution is -0.126. The van der Waals surface area contributed by atoms with Gasteiger partial charge in [0.05, 0.1) is 17.9 Å². The van der Waals surface area contributed by atoms with E-state index in [0.717, 1.165) is 38.9 Å². The Balaban J connectivity index is 1.24. The molecule has 2 aromatic rings. The molecular weight excluding hydrogens is 408 g/mol. The maximum atomic E-state index is 13.1. The number of fused-ring (bicyclic) bond motifs is 2. The molecule has 5 nitrogen and oxygen atoms in total. The first-order valence-electron chi connectivity index (χ1n) is 13.0. The van der Waals surface area contributed by atoms with Crippen molar-refractivity contribution < 1.29 is 4.79 Å². The second-order valence-electron chi connectivity index (χ2n) is 10.3. The van der Waals surface area contributed by atoms with Crippen LogP contribution < -0.4 is 10.2 Å². The number of aryl methyl sites for hydroxylation is 1. The molecule has 1 N–H and O–H groups in total. The van der Waals surface area contributed by atoms with Gasteiger partial charge in [-0.15, -0.1) is 0 Å². The van der Waals surface area contributed by atoms with Gasteiger partial charge in [0.2, 0.25) is 5.91 Å². The Morgan fingerprint density at radius 2 is 1.76 bits per heavy atom. The maximum Gasteiger partial charge on any atom is 0.223 e. The Labute approximate surface area is 198 Å². The molecule has 3 fully saturated rings. The Morgan fingerprint density at radius 3 is 2.45 bits per heavy atom. The maximum absolute atomic E-state index is 13.1. The first-order chi connectivity index (χ1) is 16.2. The van der Waals surface area contributed by atoms with Crippen LogP contribution >= 0.6 is 0 Å². The Morgan fingerprint density at radius 1 is 1.03 bits per heavy atom. The summed E-state index contributed by atoms with van der Waals surface area (Å²) in [6.07, 6.45) is 13.2. The van der Waals surface area contributed by atoms with Gasteiger partial charge in [0, 0.05) is 43.8 Å².